The van der Waals surface area contributed by atoms with Gasteiger partial charge in [-0.2, -0.15) is 0 Å². The predicted octanol–water partition coefficient (Wildman–Crippen LogP) is 15.3. The second kappa shape index (κ2) is 47.1. The van der Waals surface area contributed by atoms with Crippen molar-refractivity contribution in [3.63, 3.8) is 0 Å². The molecule has 0 aromatic rings. The van der Waals surface area contributed by atoms with Crippen molar-refractivity contribution in [2.24, 2.45) is 0 Å². The first-order chi connectivity index (χ1) is 29.0. The number of esters is 1. The molecule has 0 rings (SSSR count). The van der Waals surface area contributed by atoms with Crippen molar-refractivity contribution in [3.8, 4) is 0 Å². The van der Waals surface area contributed by atoms with Crippen LogP contribution in [0.5, 0.6) is 0 Å². The summed E-state index contributed by atoms with van der Waals surface area (Å²) in [6, 6.07) is -0.709. The molecule has 6 heteroatoms. The smallest absolute Gasteiger partial charge is 0.306 e. The molecule has 0 heterocycles. The fraction of sp³-hybridized carbons (Fsp3) is 0.849. The van der Waals surface area contributed by atoms with Crippen molar-refractivity contribution in [3.05, 3.63) is 36.5 Å². The van der Waals surface area contributed by atoms with E-state index >= 15 is 0 Å². The van der Waals surface area contributed by atoms with E-state index in [-0.39, 0.29) is 24.9 Å². The Morgan fingerprint density at radius 1 is 0.492 bits per heavy atom. The lowest BCUT2D eigenvalue weighted by atomic mass is 10.0. The predicted molar refractivity (Wildman–Crippen MR) is 255 cm³/mol. The number of hydrogen-bond acceptors (Lipinski definition) is 5. The quantitative estimate of drug-likeness (QED) is 0.0323. The first-order valence-corrected chi connectivity index (χ1v) is 25.7. The van der Waals surface area contributed by atoms with Gasteiger partial charge < -0.3 is 20.3 Å². The number of ether oxygens (including phenoxy) is 1. The molecule has 0 aromatic carbocycles. The van der Waals surface area contributed by atoms with Gasteiger partial charge in [-0.15, -0.1) is 0 Å². The van der Waals surface area contributed by atoms with Crippen LogP contribution in [0.1, 0.15) is 265 Å². The third-order valence-electron chi connectivity index (χ3n) is 11.7. The van der Waals surface area contributed by atoms with Crippen LogP contribution < -0.4 is 5.32 Å². The third kappa shape index (κ3) is 42.6. The van der Waals surface area contributed by atoms with Crippen LogP contribution in [-0.4, -0.2) is 46.9 Å². The van der Waals surface area contributed by atoms with Crippen LogP contribution in [-0.2, 0) is 14.3 Å². The van der Waals surface area contributed by atoms with Gasteiger partial charge in [-0.25, -0.2) is 0 Å². The van der Waals surface area contributed by atoms with Crippen LogP contribution in [0, 0.1) is 0 Å². The first kappa shape index (κ1) is 57.1. The van der Waals surface area contributed by atoms with Crippen molar-refractivity contribution in [2.75, 3.05) is 6.61 Å². The second-order valence-corrected chi connectivity index (χ2v) is 17.6. The molecule has 1 amide bonds. The highest BCUT2D eigenvalue weighted by Crippen LogP contribution is 2.17. The summed E-state index contributed by atoms with van der Waals surface area (Å²) in [6.45, 7) is 6.44. The molecule has 0 aromatic heterocycles. The standard InChI is InChI=1S/C53H99NO5/c1-4-7-10-13-16-19-21-23-25-27-29-31-34-37-40-43-46-53(58)59-49(44-41-38-35-33-30-28-26-24-22-20-17-14-11-8-5-2)47-52(57)54-50(48-55)51(56)45-42-39-36-32-18-15-12-9-6-3/h17,20,24,26,30,33,49-51,55-56H,4-16,18-19,21-23,25,27-29,31-32,34-48H2,1-3H3,(H,54,57)/b20-17-,26-24-,33-30-. The lowest BCUT2D eigenvalue weighted by molar-refractivity contribution is -0.151. The van der Waals surface area contributed by atoms with Crippen LogP contribution in [0.25, 0.3) is 0 Å². The fourth-order valence-electron chi connectivity index (χ4n) is 7.79. The lowest BCUT2D eigenvalue weighted by Crippen LogP contribution is -2.46. The van der Waals surface area contributed by atoms with E-state index in [4.69, 9.17) is 4.74 Å². The van der Waals surface area contributed by atoms with Crippen LogP contribution in [0.4, 0.5) is 0 Å². The zero-order valence-electron chi connectivity index (χ0n) is 39.4. The van der Waals surface area contributed by atoms with Gasteiger partial charge in [0.05, 0.1) is 25.2 Å². The van der Waals surface area contributed by atoms with E-state index in [9.17, 15) is 19.8 Å². The Morgan fingerprint density at radius 3 is 1.32 bits per heavy atom. The first-order valence-electron chi connectivity index (χ1n) is 25.7. The van der Waals surface area contributed by atoms with E-state index in [1.54, 1.807) is 0 Å². The Kier molecular flexibility index (Phi) is 45.6. The number of amides is 1. The summed E-state index contributed by atoms with van der Waals surface area (Å²) >= 11 is 0. The van der Waals surface area contributed by atoms with Gasteiger partial charge in [0, 0.05) is 6.42 Å². The summed E-state index contributed by atoms with van der Waals surface area (Å²) in [6.07, 6.45) is 54.9. The van der Waals surface area contributed by atoms with Crippen LogP contribution >= 0.6 is 0 Å². The maximum Gasteiger partial charge on any atom is 0.306 e. The average molecular weight is 830 g/mol. The Labute approximate surface area is 366 Å². The molecular weight excluding hydrogens is 731 g/mol. The minimum absolute atomic E-state index is 0.0552. The summed E-state index contributed by atoms with van der Waals surface area (Å²) < 4.78 is 5.92. The summed E-state index contributed by atoms with van der Waals surface area (Å²) in [5, 5.41) is 23.7. The molecule has 346 valence electrons. The summed E-state index contributed by atoms with van der Waals surface area (Å²) in [7, 11) is 0. The molecule has 0 bridgehead atoms. The molecule has 59 heavy (non-hydrogen) atoms. The van der Waals surface area contributed by atoms with E-state index in [0.717, 1.165) is 70.6 Å². The number of unbranched alkanes of at least 4 members (excludes halogenated alkanes) is 28. The van der Waals surface area contributed by atoms with Gasteiger partial charge in [-0.3, -0.25) is 9.59 Å². The third-order valence-corrected chi connectivity index (χ3v) is 11.7. The zero-order chi connectivity index (χ0) is 43.1. The van der Waals surface area contributed by atoms with E-state index in [1.165, 1.54) is 148 Å². The maximum absolute atomic E-state index is 13.2. The molecule has 0 saturated heterocycles. The highest BCUT2D eigenvalue weighted by molar-refractivity contribution is 5.77. The molecule has 3 unspecified atom stereocenters. The zero-order valence-corrected chi connectivity index (χ0v) is 39.4. The Morgan fingerprint density at radius 2 is 0.864 bits per heavy atom. The van der Waals surface area contributed by atoms with Crippen molar-refractivity contribution < 1.29 is 24.5 Å². The van der Waals surface area contributed by atoms with Crippen molar-refractivity contribution in [1.29, 1.82) is 0 Å². The van der Waals surface area contributed by atoms with Crippen molar-refractivity contribution in [2.45, 2.75) is 283 Å². The molecule has 0 saturated carbocycles. The number of aliphatic hydroxyl groups is 2. The Balaban J connectivity index is 4.61. The summed E-state index contributed by atoms with van der Waals surface area (Å²) in [4.78, 5) is 26.1. The molecule has 0 aliphatic rings. The Hall–Kier alpha value is -1.92. The molecular formula is C53H99NO5. The minimum atomic E-state index is -0.793. The maximum atomic E-state index is 13.2. The number of allylic oxidation sites excluding steroid dienone is 6. The molecule has 3 N–H and O–H groups in total. The number of nitrogens with one attached hydrogen (secondary N) is 1. The molecule has 3 atom stereocenters. The second-order valence-electron chi connectivity index (χ2n) is 17.6. The van der Waals surface area contributed by atoms with E-state index in [1.807, 2.05) is 0 Å². The number of hydrogen-bond donors (Lipinski definition) is 3. The highest BCUT2D eigenvalue weighted by Gasteiger charge is 2.24. The van der Waals surface area contributed by atoms with Crippen LogP contribution in [0.3, 0.4) is 0 Å². The lowest BCUT2D eigenvalue weighted by Gasteiger charge is -2.24. The number of aliphatic hydroxyl groups excluding tert-OH is 2. The Bertz CT molecular complexity index is 977. The van der Waals surface area contributed by atoms with Gasteiger partial charge >= 0.3 is 5.97 Å². The molecule has 0 spiro atoms. The van der Waals surface area contributed by atoms with Gasteiger partial charge in [0.2, 0.25) is 5.91 Å². The van der Waals surface area contributed by atoms with E-state index in [0.29, 0.717) is 19.3 Å². The molecule has 0 aliphatic carbocycles. The number of rotatable bonds is 46. The van der Waals surface area contributed by atoms with Gasteiger partial charge in [0.1, 0.15) is 6.10 Å². The summed E-state index contributed by atoms with van der Waals surface area (Å²) in [5.41, 5.74) is 0. The SMILES string of the molecule is CCCCC/C=C\C/C=C\C/C=C\CCCCC(CC(=O)NC(CO)C(O)CCCCCCCCCCC)OC(=O)CCCCCCCCCCCCCCCCCC. The van der Waals surface area contributed by atoms with E-state index in [2.05, 4.69) is 62.5 Å². The van der Waals surface area contributed by atoms with Crippen molar-refractivity contribution in [1.82, 2.24) is 5.32 Å². The molecule has 6 nitrogen and oxygen atoms in total. The van der Waals surface area contributed by atoms with Gasteiger partial charge in [0.15, 0.2) is 0 Å². The topological polar surface area (TPSA) is 95.9 Å². The van der Waals surface area contributed by atoms with Crippen LogP contribution in [0.15, 0.2) is 36.5 Å². The summed E-state index contributed by atoms with van der Waals surface area (Å²) in [5.74, 6) is -0.502. The van der Waals surface area contributed by atoms with Gasteiger partial charge in [0.25, 0.3) is 0 Å². The number of carbonyl (C=O) groups is 2. The molecule has 0 aliphatic heterocycles. The monoisotopic (exact) mass is 830 g/mol. The average Bonchev–Trinajstić information content (AvgIpc) is 3.23. The van der Waals surface area contributed by atoms with Crippen LogP contribution in [0.2, 0.25) is 0 Å². The molecule has 0 fully saturated rings. The largest absolute Gasteiger partial charge is 0.462 e. The van der Waals surface area contributed by atoms with Gasteiger partial charge in [-0.05, 0) is 64.2 Å². The molecule has 0 radical (unpaired) electrons. The number of carbonyl (C=O) groups excluding carboxylic acids is 2. The fourth-order valence-corrected chi connectivity index (χ4v) is 7.79. The minimum Gasteiger partial charge on any atom is -0.462 e. The van der Waals surface area contributed by atoms with Crippen molar-refractivity contribution >= 4 is 11.9 Å². The normalized spacial score (nSPS) is 13.5. The highest BCUT2D eigenvalue weighted by atomic mass is 16.5. The van der Waals surface area contributed by atoms with E-state index < -0.39 is 18.2 Å². The van der Waals surface area contributed by atoms with Gasteiger partial charge in [-0.1, -0.05) is 224 Å².